The fourth-order valence-electron chi connectivity index (χ4n) is 4.29. The minimum atomic E-state index is 0.301. The molecule has 0 bridgehead atoms. The van der Waals surface area contributed by atoms with Gasteiger partial charge in [-0.15, -0.1) is 11.3 Å². The predicted molar refractivity (Wildman–Crippen MR) is 121 cm³/mol. The van der Waals surface area contributed by atoms with Gasteiger partial charge in [-0.05, 0) is 24.5 Å². The smallest absolute Gasteiger partial charge is 0.158 e. The van der Waals surface area contributed by atoms with E-state index in [9.17, 15) is 0 Å². The molecule has 8 nitrogen and oxygen atoms in total. The number of H-pyrrole nitrogens is 1. The number of aryl methyl sites for hydroxylation is 1. The molecule has 4 aromatic heterocycles. The summed E-state index contributed by atoms with van der Waals surface area (Å²) < 4.78 is 7.07. The third kappa shape index (κ3) is 3.66. The molecule has 0 atom stereocenters. The first kappa shape index (κ1) is 20.3. The topological polar surface area (TPSA) is 84.2 Å². The molecule has 1 N–H and O–H groups in total. The average molecular weight is 438 g/mol. The number of nitrogens with one attached hydrogen (secondary N) is 1. The lowest BCUT2D eigenvalue weighted by atomic mass is 9.97. The van der Waals surface area contributed by atoms with Gasteiger partial charge in [-0.1, -0.05) is 13.8 Å². The van der Waals surface area contributed by atoms with E-state index in [1.807, 2.05) is 10.7 Å². The van der Waals surface area contributed by atoms with Gasteiger partial charge in [-0.3, -0.25) is 10.00 Å². The van der Waals surface area contributed by atoms with Crippen molar-refractivity contribution in [3.8, 4) is 22.0 Å². The van der Waals surface area contributed by atoms with Gasteiger partial charge in [0.1, 0.15) is 11.3 Å². The molecule has 9 heteroatoms. The number of aromatic amines is 1. The third-order valence-corrected chi connectivity index (χ3v) is 6.95. The summed E-state index contributed by atoms with van der Waals surface area (Å²) in [5.74, 6) is 0.301. The second-order valence-electron chi connectivity index (χ2n) is 8.36. The van der Waals surface area contributed by atoms with Gasteiger partial charge in [-0.25, -0.2) is 14.5 Å². The summed E-state index contributed by atoms with van der Waals surface area (Å²) in [5, 5.41) is 13.4. The number of ether oxygens (including phenoxy) is 1. The minimum absolute atomic E-state index is 0.301. The Morgan fingerprint density at radius 2 is 2.19 bits per heavy atom. The van der Waals surface area contributed by atoms with Crippen LogP contribution in [0.2, 0.25) is 0 Å². The van der Waals surface area contributed by atoms with E-state index in [1.54, 1.807) is 24.8 Å². The molecule has 5 heterocycles. The monoisotopic (exact) mass is 437 g/mol. The molecule has 0 unspecified atom stereocenters. The Labute approximate surface area is 185 Å². The quantitative estimate of drug-likeness (QED) is 0.495. The molecule has 31 heavy (non-hydrogen) atoms. The summed E-state index contributed by atoms with van der Waals surface area (Å²) in [6.07, 6.45) is 4.57. The second kappa shape index (κ2) is 8.14. The van der Waals surface area contributed by atoms with Crippen LogP contribution in [-0.4, -0.2) is 61.5 Å². The largest absolute Gasteiger partial charge is 0.383 e. The lowest BCUT2D eigenvalue weighted by molar-refractivity contribution is 0.141. The number of rotatable bonds is 6. The number of hydrogen-bond donors (Lipinski definition) is 1. The highest BCUT2D eigenvalue weighted by atomic mass is 32.1. The molecule has 0 spiro atoms. The van der Waals surface area contributed by atoms with Crippen molar-refractivity contribution in [1.29, 1.82) is 0 Å². The molecule has 0 saturated heterocycles. The molecule has 0 fully saturated rings. The van der Waals surface area contributed by atoms with Gasteiger partial charge in [0.2, 0.25) is 0 Å². The molecule has 0 radical (unpaired) electrons. The van der Waals surface area contributed by atoms with Crippen LogP contribution in [0, 0.1) is 6.92 Å². The van der Waals surface area contributed by atoms with Crippen LogP contribution in [-0.2, 0) is 17.7 Å². The fraction of sp³-hybridized carbons (Fsp3) is 0.455. The van der Waals surface area contributed by atoms with Gasteiger partial charge in [0.05, 0.1) is 23.7 Å². The molecule has 4 aromatic rings. The molecule has 0 saturated carbocycles. The first-order valence-corrected chi connectivity index (χ1v) is 11.5. The Hall–Kier alpha value is -2.62. The third-order valence-electron chi connectivity index (χ3n) is 5.85. The standard InChI is InChI=1S/C22H27N7OS/c1-13(2)18-19(15-9-14(3)21-23-12-24-29(21)10-15)26-27-20(18)22-25-16-5-6-28(7-8-30-4)11-17(16)31-22/h9-10,12-13H,5-8,11H2,1-4H3,(H,26,27). The summed E-state index contributed by atoms with van der Waals surface area (Å²) in [4.78, 5) is 13.1. The number of fused-ring (bicyclic) bond motifs is 2. The highest BCUT2D eigenvalue weighted by molar-refractivity contribution is 7.15. The van der Waals surface area contributed by atoms with Crippen LogP contribution in [0.15, 0.2) is 18.6 Å². The van der Waals surface area contributed by atoms with Gasteiger partial charge < -0.3 is 4.74 Å². The average Bonchev–Trinajstić information content (AvgIpc) is 3.48. The lowest BCUT2D eigenvalue weighted by Gasteiger charge is -2.25. The van der Waals surface area contributed by atoms with Crippen LogP contribution in [0.25, 0.3) is 27.6 Å². The van der Waals surface area contributed by atoms with E-state index in [4.69, 9.17) is 14.8 Å². The zero-order valence-corrected chi connectivity index (χ0v) is 19.2. The summed E-state index contributed by atoms with van der Waals surface area (Å²) in [6.45, 7) is 10.2. The van der Waals surface area contributed by atoms with E-state index in [1.165, 1.54) is 16.1 Å². The zero-order chi connectivity index (χ0) is 21.5. The van der Waals surface area contributed by atoms with E-state index >= 15 is 0 Å². The molecule has 1 aliphatic heterocycles. The zero-order valence-electron chi connectivity index (χ0n) is 18.3. The van der Waals surface area contributed by atoms with Crippen molar-refractivity contribution in [2.45, 2.75) is 39.7 Å². The molecular weight excluding hydrogens is 410 g/mol. The number of hydrogen-bond acceptors (Lipinski definition) is 7. The number of methoxy groups -OCH3 is 1. The summed E-state index contributed by atoms with van der Waals surface area (Å²) in [5.41, 5.74) is 7.39. The Balaban J connectivity index is 1.53. The summed E-state index contributed by atoms with van der Waals surface area (Å²) in [7, 11) is 1.76. The summed E-state index contributed by atoms with van der Waals surface area (Å²) in [6, 6.07) is 2.14. The molecular formula is C22H27N7OS. The maximum atomic E-state index is 5.25. The number of nitrogens with zero attached hydrogens (tertiary/aromatic N) is 6. The first-order valence-electron chi connectivity index (χ1n) is 10.6. The molecule has 0 aromatic carbocycles. The molecule has 0 aliphatic carbocycles. The Morgan fingerprint density at radius 3 is 3.00 bits per heavy atom. The van der Waals surface area contributed by atoms with Gasteiger partial charge >= 0.3 is 0 Å². The predicted octanol–water partition coefficient (Wildman–Crippen LogP) is 3.68. The van der Waals surface area contributed by atoms with Crippen LogP contribution in [0.5, 0.6) is 0 Å². The highest BCUT2D eigenvalue weighted by Gasteiger charge is 2.25. The normalized spacial score (nSPS) is 14.6. The Bertz CT molecular complexity index is 1220. The highest BCUT2D eigenvalue weighted by Crippen LogP contribution is 2.39. The van der Waals surface area contributed by atoms with E-state index < -0.39 is 0 Å². The van der Waals surface area contributed by atoms with Crippen LogP contribution in [0.3, 0.4) is 0 Å². The number of pyridine rings is 1. The van der Waals surface area contributed by atoms with Crippen molar-refractivity contribution < 1.29 is 4.74 Å². The molecule has 1 aliphatic rings. The van der Waals surface area contributed by atoms with E-state index in [0.717, 1.165) is 65.8 Å². The van der Waals surface area contributed by atoms with Crippen molar-refractivity contribution in [2.24, 2.45) is 0 Å². The van der Waals surface area contributed by atoms with Crippen LogP contribution < -0.4 is 0 Å². The van der Waals surface area contributed by atoms with Crippen LogP contribution in [0.1, 0.15) is 41.5 Å². The molecule has 0 amide bonds. The van der Waals surface area contributed by atoms with Crippen molar-refractivity contribution in [2.75, 3.05) is 26.8 Å². The lowest BCUT2D eigenvalue weighted by Crippen LogP contribution is -2.32. The summed E-state index contributed by atoms with van der Waals surface area (Å²) >= 11 is 1.78. The second-order valence-corrected chi connectivity index (χ2v) is 9.45. The van der Waals surface area contributed by atoms with Crippen LogP contribution in [0.4, 0.5) is 0 Å². The van der Waals surface area contributed by atoms with Gasteiger partial charge in [0, 0.05) is 55.4 Å². The minimum Gasteiger partial charge on any atom is -0.383 e. The van der Waals surface area contributed by atoms with Crippen LogP contribution >= 0.6 is 11.3 Å². The first-order chi connectivity index (χ1) is 15.0. The molecule has 162 valence electrons. The van der Waals surface area contributed by atoms with Crippen molar-refractivity contribution in [3.63, 3.8) is 0 Å². The fourth-order valence-corrected chi connectivity index (χ4v) is 5.45. The van der Waals surface area contributed by atoms with Gasteiger partial charge in [0.25, 0.3) is 0 Å². The van der Waals surface area contributed by atoms with Crippen molar-refractivity contribution in [3.05, 3.63) is 40.3 Å². The van der Waals surface area contributed by atoms with E-state index in [0.29, 0.717) is 5.92 Å². The van der Waals surface area contributed by atoms with Crippen molar-refractivity contribution >= 4 is 17.0 Å². The Kier molecular flexibility index (Phi) is 5.33. The maximum absolute atomic E-state index is 5.25. The SMILES string of the molecule is COCCN1CCc2nc(-c3[nH]nc(-c4cc(C)c5ncnn5c4)c3C(C)C)sc2C1. The van der Waals surface area contributed by atoms with Gasteiger partial charge in [0.15, 0.2) is 5.65 Å². The van der Waals surface area contributed by atoms with Gasteiger partial charge in [-0.2, -0.15) is 10.2 Å². The maximum Gasteiger partial charge on any atom is 0.158 e. The van der Waals surface area contributed by atoms with E-state index in [-0.39, 0.29) is 0 Å². The number of thiazole rings is 1. The van der Waals surface area contributed by atoms with Crippen molar-refractivity contribution in [1.82, 2.24) is 34.7 Å². The Morgan fingerprint density at radius 1 is 1.32 bits per heavy atom. The number of aromatic nitrogens is 6. The molecule has 5 rings (SSSR count). The van der Waals surface area contributed by atoms with E-state index in [2.05, 4.69) is 46.9 Å².